The first-order chi connectivity index (χ1) is 12.5. The molecule has 1 amide bonds. The molecule has 1 unspecified atom stereocenters. The highest BCUT2D eigenvalue weighted by Gasteiger charge is 2.36. The number of hydrogen-bond acceptors (Lipinski definition) is 5. The zero-order chi connectivity index (χ0) is 18.4. The quantitative estimate of drug-likeness (QED) is 0.683. The molecule has 1 atom stereocenters. The first-order valence-electron chi connectivity index (χ1n) is 8.02. The molecule has 0 radical (unpaired) electrons. The Labute approximate surface area is 156 Å². The first-order valence-corrected chi connectivity index (χ1v) is 8.81. The molecule has 3 aromatic rings. The lowest BCUT2D eigenvalue weighted by Gasteiger charge is -2.14. The summed E-state index contributed by atoms with van der Waals surface area (Å²) in [5.74, 6) is -0.144. The molecule has 1 aromatic heterocycles. The third-order valence-corrected chi connectivity index (χ3v) is 4.77. The summed E-state index contributed by atoms with van der Waals surface area (Å²) in [5, 5.41) is 13.0. The number of halogens is 1. The summed E-state index contributed by atoms with van der Waals surface area (Å²) in [6, 6.07) is 9.13. The fourth-order valence-corrected chi connectivity index (χ4v) is 3.47. The Morgan fingerprint density at radius 2 is 2.04 bits per heavy atom. The predicted octanol–water partition coefficient (Wildman–Crippen LogP) is 3.49. The Morgan fingerprint density at radius 3 is 2.81 bits per heavy atom. The van der Waals surface area contributed by atoms with Crippen molar-refractivity contribution in [1.82, 2.24) is 5.32 Å². The van der Waals surface area contributed by atoms with Gasteiger partial charge in [-0.25, -0.2) is 0 Å². The van der Waals surface area contributed by atoms with Crippen molar-refractivity contribution in [2.75, 3.05) is 6.61 Å². The van der Waals surface area contributed by atoms with Crippen LogP contribution < -0.4 is 15.5 Å². The number of carbonyl (C=O) groups excluding carboxylic acids is 1. The van der Waals surface area contributed by atoms with Crippen molar-refractivity contribution in [2.45, 2.75) is 13.0 Å². The van der Waals surface area contributed by atoms with Gasteiger partial charge in [0, 0.05) is 4.47 Å². The molecule has 2 aromatic carbocycles. The van der Waals surface area contributed by atoms with Crippen LogP contribution in [-0.4, -0.2) is 17.6 Å². The van der Waals surface area contributed by atoms with Crippen LogP contribution in [0.25, 0.3) is 11.0 Å². The largest absolute Gasteiger partial charge is 0.504 e. The maximum atomic E-state index is 13.0. The van der Waals surface area contributed by atoms with Crippen LogP contribution in [0.1, 0.15) is 34.6 Å². The van der Waals surface area contributed by atoms with Crippen LogP contribution in [-0.2, 0) is 0 Å². The minimum Gasteiger partial charge on any atom is -0.504 e. The third kappa shape index (κ3) is 2.55. The monoisotopic (exact) mass is 415 g/mol. The van der Waals surface area contributed by atoms with Crippen molar-refractivity contribution >= 4 is 32.8 Å². The van der Waals surface area contributed by atoms with E-state index in [-0.39, 0.29) is 22.5 Å². The van der Waals surface area contributed by atoms with E-state index >= 15 is 0 Å². The fraction of sp³-hybridized carbons (Fsp3) is 0.158. The number of hydrogen-bond donors (Lipinski definition) is 2. The Bertz CT molecular complexity index is 1110. The summed E-state index contributed by atoms with van der Waals surface area (Å²) < 4.78 is 11.8. The van der Waals surface area contributed by atoms with E-state index in [4.69, 9.17) is 9.15 Å². The lowest BCUT2D eigenvalue weighted by atomic mass is 9.99. The molecule has 132 valence electrons. The second-order valence-electron chi connectivity index (χ2n) is 5.88. The molecule has 2 N–H and O–H groups in total. The smallest absolute Gasteiger partial charge is 0.288 e. The lowest BCUT2D eigenvalue weighted by Crippen LogP contribution is -2.22. The van der Waals surface area contributed by atoms with Crippen LogP contribution in [0.3, 0.4) is 0 Å². The van der Waals surface area contributed by atoms with Gasteiger partial charge in [0.05, 0.1) is 23.6 Å². The van der Waals surface area contributed by atoms with Crippen molar-refractivity contribution in [2.24, 2.45) is 0 Å². The highest BCUT2D eigenvalue weighted by Crippen LogP contribution is 2.35. The average molecular weight is 416 g/mol. The van der Waals surface area contributed by atoms with Crippen molar-refractivity contribution < 1.29 is 19.1 Å². The van der Waals surface area contributed by atoms with Gasteiger partial charge in [-0.05, 0) is 42.8 Å². The molecular weight excluding hydrogens is 402 g/mol. The number of ether oxygens (including phenoxy) is 1. The summed E-state index contributed by atoms with van der Waals surface area (Å²) in [6.45, 7) is 2.18. The number of phenols is 1. The number of aromatic hydroxyl groups is 1. The number of fused-ring (bicyclic) bond motifs is 2. The van der Waals surface area contributed by atoms with E-state index in [1.165, 1.54) is 6.07 Å². The Balaban J connectivity index is 1.92. The van der Waals surface area contributed by atoms with Gasteiger partial charge in [0.2, 0.25) is 5.76 Å². The van der Waals surface area contributed by atoms with Crippen LogP contribution >= 0.6 is 15.9 Å². The van der Waals surface area contributed by atoms with Gasteiger partial charge in [-0.3, -0.25) is 9.59 Å². The number of carbonyl (C=O) groups is 1. The molecule has 0 saturated heterocycles. The Morgan fingerprint density at radius 1 is 1.23 bits per heavy atom. The molecule has 26 heavy (non-hydrogen) atoms. The van der Waals surface area contributed by atoms with Crippen molar-refractivity contribution in [1.29, 1.82) is 0 Å². The molecular formula is C19H14BrNO5. The zero-order valence-electron chi connectivity index (χ0n) is 13.7. The molecule has 7 heteroatoms. The van der Waals surface area contributed by atoms with Crippen LogP contribution in [0, 0.1) is 0 Å². The molecule has 0 saturated carbocycles. The maximum absolute atomic E-state index is 13.0. The van der Waals surface area contributed by atoms with E-state index in [1.54, 1.807) is 37.3 Å². The highest BCUT2D eigenvalue weighted by atomic mass is 79.9. The summed E-state index contributed by atoms with van der Waals surface area (Å²) in [5.41, 5.74) is 0.971. The summed E-state index contributed by atoms with van der Waals surface area (Å²) in [4.78, 5) is 25.4. The Kier molecular flexibility index (Phi) is 3.96. The highest BCUT2D eigenvalue weighted by molar-refractivity contribution is 9.10. The molecule has 1 aliphatic rings. The van der Waals surface area contributed by atoms with E-state index in [0.29, 0.717) is 28.9 Å². The SMILES string of the molecule is CCOc1cc(C2NC(=O)c3oc4ccc(Br)cc4c(=O)c32)ccc1O. The van der Waals surface area contributed by atoms with E-state index < -0.39 is 11.9 Å². The minimum atomic E-state index is -0.670. The lowest BCUT2D eigenvalue weighted by molar-refractivity contribution is 0.0938. The zero-order valence-corrected chi connectivity index (χ0v) is 15.3. The number of rotatable bonds is 3. The number of amides is 1. The van der Waals surface area contributed by atoms with Gasteiger partial charge in [0.1, 0.15) is 5.58 Å². The van der Waals surface area contributed by atoms with E-state index in [0.717, 1.165) is 4.47 Å². The first kappa shape index (κ1) is 16.7. The van der Waals surface area contributed by atoms with Crippen LogP contribution in [0.2, 0.25) is 0 Å². The molecule has 0 fully saturated rings. The summed E-state index contributed by atoms with van der Waals surface area (Å²) in [6.07, 6.45) is 0. The Hall–Kier alpha value is -2.80. The minimum absolute atomic E-state index is 0.00498. The van der Waals surface area contributed by atoms with Gasteiger partial charge in [-0.1, -0.05) is 22.0 Å². The summed E-state index contributed by atoms with van der Waals surface area (Å²) in [7, 11) is 0. The number of benzene rings is 2. The molecule has 6 nitrogen and oxygen atoms in total. The topological polar surface area (TPSA) is 88.8 Å². The second kappa shape index (κ2) is 6.17. The molecule has 0 aliphatic carbocycles. The van der Waals surface area contributed by atoms with Crippen molar-refractivity contribution in [3.63, 3.8) is 0 Å². The van der Waals surface area contributed by atoms with Gasteiger partial charge >= 0.3 is 0 Å². The van der Waals surface area contributed by atoms with E-state index in [2.05, 4.69) is 21.2 Å². The van der Waals surface area contributed by atoms with Crippen LogP contribution in [0.5, 0.6) is 11.5 Å². The molecule has 0 bridgehead atoms. The van der Waals surface area contributed by atoms with Crippen molar-refractivity contribution in [3.8, 4) is 11.5 Å². The molecule has 2 heterocycles. The summed E-state index contributed by atoms with van der Waals surface area (Å²) >= 11 is 3.35. The number of nitrogens with one attached hydrogen (secondary N) is 1. The third-order valence-electron chi connectivity index (χ3n) is 4.27. The molecule has 0 spiro atoms. The van der Waals surface area contributed by atoms with Gasteiger partial charge in [-0.15, -0.1) is 0 Å². The van der Waals surface area contributed by atoms with Crippen molar-refractivity contribution in [3.05, 3.63) is 68.0 Å². The number of phenolic OH excluding ortho intramolecular Hbond substituents is 1. The van der Waals surface area contributed by atoms with Gasteiger partial charge in [0.15, 0.2) is 16.9 Å². The maximum Gasteiger partial charge on any atom is 0.288 e. The van der Waals surface area contributed by atoms with Crippen LogP contribution in [0.15, 0.2) is 50.1 Å². The normalized spacial score (nSPS) is 15.8. The van der Waals surface area contributed by atoms with E-state index in [9.17, 15) is 14.7 Å². The van der Waals surface area contributed by atoms with Gasteiger partial charge in [0.25, 0.3) is 5.91 Å². The fourth-order valence-electron chi connectivity index (χ4n) is 3.11. The van der Waals surface area contributed by atoms with E-state index in [1.807, 2.05) is 0 Å². The van der Waals surface area contributed by atoms with Gasteiger partial charge in [-0.2, -0.15) is 0 Å². The average Bonchev–Trinajstić information content (AvgIpc) is 2.95. The molecule has 4 rings (SSSR count). The van der Waals surface area contributed by atoms with Crippen LogP contribution in [0.4, 0.5) is 0 Å². The predicted molar refractivity (Wildman–Crippen MR) is 98.8 cm³/mol. The second-order valence-corrected chi connectivity index (χ2v) is 6.80. The standard InChI is InChI=1S/C19H14BrNO5/c1-2-25-14-7-9(3-5-12(14)22)16-15-17(23)11-8-10(20)4-6-13(11)26-18(15)19(24)21-16/h3-8,16,22H,2H2,1H3,(H,21,24). The molecule has 1 aliphatic heterocycles. The van der Waals surface area contributed by atoms with Gasteiger partial charge < -0.3 is 19.6 Å².